The Hall–Kier alpha value is 0.730. The molecule has 3 heteroatoms. The summed E-state index contributed by atoms with van der Waals surface area (Å²) < 4.78 is 0. The van der Waals surface area contributed by atoms with Gasteiger partial charge in [-0.3, -0.25) is 0 Å². The Labute approximate surface area is 181 Å². The Morgan fingerprint density at radius 1 is 0.577 bits per heavy atom. The van der Waals surface area contributed by atoms with Gasteiger partial charge in [-0.05, 0) is 33.4 Å². The lowest BCUT2D eigenvalue weighted by atomic mass is 10.0. The molecule has 0 heterocycles. The van der Waals surface area contributed by atoms with Crippen molar-refractivity contribution in [2.45, 2.75) is 129 Å². The van der Waals surface area contributed by atoms with Gasteiger partial charge in [-0.15, -0.1) is 28.6 Å². The Morgan fingerprint density at radius 3 is 1.27 bits per heavy atom. The molecule has 160 valence electrons. The van der Waals surface area contributed by atoms with Crippen molar-refractivity contribution >= 4 is 28.6 Å². The van der Waals surface area contributed by atoms with Crippen molar-refractivity contribution in [1.82, 2.24) is 4.90 Å². The molecule has 0 radical (unpaired) electrons. The summed E-state index contributed by atoms with van der Waals surface area (Å²) in [5, 5.41) is 0. The molecule has 0 bridgehead atoms. The summed E-state index contributed by atoms with van der Waals surface area (Å²) in [6.07, 6.45) is 25.5. The van der Waals surface area contributed by atoms with Crippen LogP contribution in [0.15, 0.2) is 0 Å². The highest BCUT2D eigenvalue weighted by Gasteiger charge is 2.10. The van der Waals surface area contributed by atoms with Crippen molar-refractivity contribution in [3.63, 3.8) is 0 Å². The summed E-state index contributed by atoms with van der Waals surface area (Å²) in [5.74, 6) is 0.809. The van der Waals surface area contributed by atoms with E-state index in [0.29, 0.717) is 0 Å². The lowest BCUT2D eigenvalue weighted by molar-refractivity contribution is 0.256. The van der Waals surface area contributed by atoms with Gasteiger partial charge in [-0.1, -0.05) is 103 Å². The molecule has 0 fully saturated rings. The summed E-state index contributed by atoms with van der Waals surface area (Å²) >= 11 is 5.83. The molecule has 0 N–H and O–H groups in total. The first-order valence-corrected chi connectivity index (χ1v) is 12.0. The summed E-state index contributed by atoms with van der Waals surface area (Å²) in [7, 11) is 4.42. The van der Waals surface area contributed by atoms with Gasteiger partial charge >= 0.3 is 0 Å². The number of alkyl halides is 1. The lowest BCUT2D eigenvalue weighted by Crippen LogP contribution is -2.27. The van der Waals surface area contributed by atoms with E-state index >= 15 is 0 Å². The number of rotatable bonds is 20. The summed E-state index contributed by atoms with van der Waals surface area (Å²) in [6.45, 7) is 2.30. The second-order valence-electron chi connectivity index (χ2n) is 8.19. The minimum atomic E-state index is 0. The Morgan fingerprint density at radius 2 is 0.923 bits per heavy atom. The zero-order valence-electron chi connectivity index (χ0n) is 18.2. The van der Waals surface area contributed by atoms with E-state index in [0.717, 1.165) is 18.3 Å². The lowest BCUT2D eigenvalue weighted by Gasteiger charge is -2.24. The summed E-state index contributed by atoms with van der Waals surface area (Å²) in [5.41, 5.74) is 0. The largest absolute Gasteiger partial charge is 0.306 e. The van der Waals surface area contributed by atoms with Gasteiger partial charge in [-0.2, -0.15) is 0 Å². The van der Waals surface area contributed by atoms with Gasteiger partial charge in [-0.25, -0.2) is 0 Å². The molecule has 0 saturated carbocycles. The molecule has 1 atom stereocenters. The van der Waals surface area contributed by atoms with Crippen LogP contribution < -0.4 is 0 Å². The number of nitrogens with zero attached hydrogens (tertiary/aromatic N) is 1. The maximum atomic E-state index is 5.83. The molecule has 1 nitrogen and oxygen atoms in total. The molecular weight excluding hydrogens is 406 g/mol. The van der Waals surface area contributed by atoms with Crippen LogP contribution in [0.25, 0.3) is 0 Å². The zero-order valence-corrected chi connectivity index (χ0v) is 20.7. The average molecular weight is 455 g/mol. The Balaban J connectivity index is 0. The quantitative estimate of drug-likeness (QED) is 0.131. The van der Waals surface area contributed by atoms with E-state index in [1.54, 1.807) is 0 Å². The molecule has 0 aromatic heterocycles. The van der Waals surface area contributed by atoms with Crippen molar-refractivity contribution in [1.29, 1.82) is 0 Å². The van der Waals surface area contributed by atoms with E-state index in [4.69, 9.17) is 11.6 Å². The second-order valence-corrected chi connectivity index (χ2v) is 8.57. The van der Waals surface area contributed by atoms with Crippen molar-refractivity contribution in [2.24, 2.45) is 0 Å². The van der Waals surface area contributed by atoms with Crippen LogP contribution in [-0.2, 0) is 0 Å². The van der Waals surface area contributed by atoms with E-state index in [9.17, 15) is 0 Å². The van der Waals surface area contributed by atoms with Crippen LogP contribution in [0.1, 0.15) is 122 Å². The zero-order chi connectivity index (χ0) is 18.6. The molecule has 0 aliphatic heterocycles. The highest BCUT2D eigenvalue weighted by molar-refractivity contribution is 8.93. The number of hydrogen-bond donors (Lipinski definition) is 0. The average Bonchev–Trinajstić information content (AvgIpc) is 2.60. The van der Waals surface area contributed by atoms with Crippen molar-refractivity contribution in [3.05, 3.63) is 0 Å². The molecule has 26 heavy (non-hydrogen) atoms. The molecule has 0 rings (SSSR count). The maximum Gasteiger partial charge on any atom is 0.0224 e. The van der Waals surface area contributed by atoms with Crippen LogP contribution in [0.2, 0.25) is 0 Å². The monoisotopic (exact) mass is 453 g/mol. The fourth-order valence-electron chi connectivity index (χ4n) is 3.72. The van der Waals surface area contributed by atoms with Gasteiger partial charge in [0.1, 0.15) is 0 Å². The Kier molecular flexibility index (Phi) is 26.5. The fraction of sp³-hybridized carbons (Fsp3) is 1.00. The van der Waals surface area contributed by atoms with Gasteiger partial charge in [0.2, 0.25) is 0 Å². The molecule has 0 spiro atoms. The predicted molar refractivity (Wildman–Crippen MR) is 127 cm³/mol. The van der Waals surface area contributed by atoms with Crippen LogP contribution in [0.5, 0.6) is 0 Å². The normalized spacial score (nSPS) is 12.3. The Bertz CT molecular complexity index is 248. The molecule has 0 aromatic rings. The van der Waals surface area contributed by atoms with Gasteiger partial charge in [0.05, 0.1) is 0 Å². The standard InChI is InChI=1S/C23H48ClN.BrH/c1-4-5-6-7-8-9-10-11-12-13-14-15-16-17-18-20-23(25(2)3)21-19-22-24;/h23H,4-22H2,1-3H3;1H. The first-order chi connectivity index (χ1) is 12.2. The van der Waals surface area contributed by atoms with Gasteiger partial charge < -0.3 is 4.90 Å². The van der Waals surface area contributed by atoms with E-state index in [1.165, 1.54) is 109 Å². The van der Waals surface area contributed by atoms with Crippen LogP contribution in [0, 0.1) is 0 Å². The van der Waals surface area contributed by atoms with E-state index < -0.39 is 0 Å². The van der Waals surface area contributed by atoms with Gasteiger partial charge in [0.25, 0.3) is 0 Å². The first-order valence-electron chi connectivity index (χ1n) is 11.4. The number of unbranched alkanes of at least 4 members (excludes halogenated alkanes) is 14. The van der Waals surface area contributed by atoms with E-state index in [-0.39, 0.29) is 17.0 Å². The molecule has 0 aliphatic rings. The third kappa shape index (κ3) is 21.0. The third-order valence-electron chi connectivity index (χ3n) is 5.54. The second kappa shape index (κ2) is 23.8. The fourth-order valence-corrected chi connectivity index (χ4v) is 3.88. The molecule has 0 aliphatic carbocycles. The molecular formula is C23H49BrClN. The van der Waals surface area contributed by atoms with Gasteiger partial charge in [0.15, 0.2) is 0 Å². The predicted octanol–water partition coefficient (Wildman–Crippen LogP) is 8.78. The highest BCUT2D eigenvalue weighted by atomic mass is 79.9. The minimum Gasteiger partial charge on any atom is -0.306 e. The molecule has 0 amide bonds. The topological polar surface area (TPSA) is 3.24 Å². The minimum absolute atomic E-state index is 0. The summed E-state index contributed by atoms with van der Waals surface area (Å²) in [4.78, 5) is 2.39. The third-order valence-corrected chi connectivity index (χ3v) is 5.81. The smallest absolute Gasteiger partial charge is 0.0224 e. The maximum absolute atomic E-state index is 5.83. The SMILES string of the molecule is Br.CCCCCCCCCCCCCCCCCC(CCCCl)N(C)C. The van der Waals surface area contributed by atoms with E-state index in [2.05, 4.69) is 25.9 Å². The first kappa shape index (κ1) is 28.9. The summed E-state index contributed by atoms with van der Waals surface area (Å²) in [6, 6.07) is 0.737. The van der Waals surface area contributed by atoms with Crippen molar-refractivity contribution in [3.8, 4) is 0 Å². The van der Waals surface area contributed by atoms with E-state index in [1.807, 2.05) is 0 Å². The van der Waals surface area contributed by atoms with Gasteiger partial charge in [0, 0.05) is 11.9 Å². The molecule has 1 unspecified atom stereocenters. The highest BCUT2D eigenvalue weighted by Crippen LogP contribution is 2.16. The molecule has 0 aromatic carbocycles. The number of halogens is 2. The van der Waals surface area contributed by atoms with Crippen LogP contribution in [0.3, 0.4) is 0 Å². The van der Waals surface area contributed by atoms with Crippen molar-refractivity contribution in [2.75, 3.05) is 20.0 Å². The van der Waals surface area contributed by atoms with Crippen LogP contribution >= 0.6 is 28.6 Å². The van der Waals surface area contributed by atoms with Crippen LogP contribution in [0.4, 0.5) is 0 Å². The molecule has 0 saturated heterocycles. The van der Waals surface area contributed by atoms with Crippen LogP contribution in [-0.4, -0.2) is 30.9 Å². The number of hydrogen-bond acceptors (Lipinski definition) is 1. The van der Waals surface area contributed by atoms with Crippen molar-refractivity contribution < 1.29 is 0 Å².